The van der Waals surface area contributed by atoms with Crippen molar-refractivity contribution in [3.8, 4) is 17.0 Å². The lowest BCUT2D eigenvalue weighted by atomic mass is 10.0. The second-order valence-corrected chi connectivity index (χ2v) is 11.6. The predicted octanol–water partition coefficient (Wildman–Crippen LogP) is 5.19. The van der Waals surface area contributed by atoms with E-state index in [4.69, 9.17) is 4.74 Å². The van der Waals surface area contributed by atoms with Crippen molar-refractivity contribution in [2.75, 3.05) is 25.0 Å². The van der Waals surface area contributed by atoms with Crippen LogP contribution in [0.2, 0.25) is 0 Å². The second kappa shape index (κ2) is 10.2. The number of carbonyl (C=O) groups excluding carboxylic acids is 1. The predicted molar refractivity (Wildman–Crippen MR) is 135 cm³/mol. The van der Waals surface area contributed by atoms with Gasteiger partial charge in [0.15, 0.2) is 5.13 Å². The Morgan fingerprint density at radius 1 is 1.18 bits per heavy atom. The molecule has 7 nitrogen and oxygen atoms in total. The number of nitrogens with zero attached hydrogens (tertiary/aromatic N) is 2. The molecule has 1 fully saturated rings. The van der Waals surface area contributed by atoms with Crippen molar-refractivity contribution in [3.05, 3.63) is 59.0 Å². The zero-order valence-electron chi connectivity index (χ0n) is 19.6. The lowest BCUT2D eigenvalue weighted by Crippen LogP contribution is -2.39. The van der Waals surface area contributed by atoms with Gasteiger partial charge in [0.25, 0.3) is 5.91 Å². The molecule has 1 unspecified atom stereocenters. The molecular formula is C25H29N3O4S2. The van der Waals surface area contributed by atoms with Crippen molar-refractivity contribution < 1.29 is 17.9 Å². The van der Waals surface area contributed by atoms with Gasteiger partial charge in [-0.2, -0.15) is 4.31 Å². The average molecular weight is 500 g/mol. The molecule has 0 saturated carbocycles. The second-order valence-electron chi connectivity index (χ2n) is 8.47. The van der Waals surface area contributed by atoms with Crippen molar-refractivity contribution in [1.29, 1.82) is 0 Å². The van der Waals surface area contributed by atoms with Crippen LogP contribution >= 0.6 is 11.3 Å². The Kier molecular flexibility index (Phi) is 7.35. The quantitative estimate of drug-likeness (QED) is 0.483. The van der Waals surface area contributed by atoms with E-state index in [1.807, 2.05) is 38.1 Å². The first-order chi connectivity index (χ1) is 16.3. The third-order valence-electron chi connectivity index (χ3n) is 5.83. The van der Waals surface area contributed by atoms with Crippen molar-refractivity contribution in [1.82, 2.24) is 9.29 Å². The smallest absolute Gasteiger partial charge is 0.257 e. The van der Waals surface area contributed by atoms with E-state index >= 15 is 0 Å². The number of hydrogen-bond acceptors (Lipinski definition) is 6. The first-order valence-corrected chi connectivity index (χ1v) is 13.7. The molecule has 2 heterocycles. The van der Waals surface area contributed by atoms with Crippen molar-refractivity contribution in [2.24, 2.45) is 5.92 Å². The molecule has 2 aromatic carbocycles. The average Bonchev–Trinajstić information content (AvgIpc) is 3.19. The minimum Gasteiger partial charge on any atom is -0.494 e. The van der Waals surface area contributed by atoms with E-state index < -0.39 is 10.0 Å². The van der Waals surface area contributed by atoms with Crippen LogP contribution in [0.5, 0.6) is 5.75 Å². The van der Waals surface area contributed by atoms with Crippen LogP contribution in [0.25, 0.3) is 11.3 Å². The van der Waals surface area contributed by atoms with E-state index in [2.05, 4.69) is 17.2 Å². The Hall–Kier alpha value is -2.75. The maximum absolute atomic E-state index is 12.9. The largest absolute Gasteiger partial charge is 0.494 e. The van der Waals surface area contributed by atoms with Crippen LogP contribution in [-0.4, -0.2) is 43.3 Å². The van der Waals surface area contributed by atoms with Gasteiger partial charge in [0, 0.05) is 29.1 Å². The number of piperidine rings is 1. The highest BCUT2D eigenvalue weighted by molar-refractivity contribution is 7.89. The van der Waals surface area contributed by atoms with E-state index in [-0.39, 0.29) is 10.8 Å². The summed E-state index contributed by atoms with van der Waals surface area (Å²) in [6.45, 7) is 7.64. The number of thiazole rings is 1. The minimum atomic E-state index is -3.55. The fraction of sp³-hybridized carbons (Fsp3) is 0.360. The van der Waals surface area contributed by atoms with Gasteiger partial charge in [-0.3, -0.25) is 10.1 Å². The van der Waals surface area contributed by atoms with Crippen LogP contribution in [0.4, 0.5) is 5.13 Å². The number of anilines is 1. The number of aryl methyl sites for hydroxylation is 1. The summed E-state index contributed by atoms with van der Waals surface area (Å²) in [5, 5.41) is 3.32. The number of benzene rings is 2. The number of ether oxygens (including phenoxy) is 1. The van der Waals surface area contributed by atoms with Crippen LogP contribution in [0.1, 0.15) is 41.9 Å². The third kappa shape index (κ3) is 5.32. The number of rotatable bonds is 7. The van der Waals surface area contributed by atoms with Gasteiger partial charge in [-0.05, 0) is 81.1 Å². The molecule has 4 rings (SSSR count). The lowest BCUT2D eigenvalue weighted by Gasteiger charge is -2.30. The molecule has 34 heavy (non-hydrogen) atoms. The number of carbonyl (C=O) groups is 1. The molecular weight excluding hydrogens is 470 g/mol. The Morgan fingerprint density at radius 3 is 2.53 bits per heavy atom. The van der Waals surface area contributed by atoms with Gasteiger partial charge in [0.05, 0.1) is 17.2 Å². The van der Waals surface area contributed by atoms with Crippen LogP contribution in [0.3, 0.4) is 0 Å². The summed E-state index contributed by atoms with van der Waals surface area (Å²) >= 11 is 1.40. The maximum Gasteiger partial charge on any atom is 0.257 e. The summed E-state index contributed by atoms with van der Waals surface area (Å²) in [5.41, 5.74) is 2.13. The van der Waals surface area contributed by atoms with E-state index in [9.17, 15) is 13.2 Å². The molecule has 1 aliphatic rings. The van der Waals surface area contributed by atoms with Crippen molar-refractivity contribution in [3.63, 3.8) is 0 Å². The van der Waals surface area contributed by atoms with Crippen LogP contribution in [0.15, 0.2) is 53.4 Å². The minimum absolute atomic E-state index is 0.209. The van der Waals surface area contributed by atoms with Crippen LogP contribution < -0.4 is 10.1 Å². The Labute approximate surface area is 204 Å². The highest BCUT2D eigenvalue weighted by Crippen LogP contribution is 2.32. The van der Waals surface area contributed by atoms with Crippen molar-refractivity contribution in [2.45, 2.75) is 38.5 Å². The maximum atomic E-state index is 12.9. The summed E-state index contributed by atoms with van der Waals surface area (Å²) in [6.07, 6.45) is 1.91. The molecule has 0 spiro atoms. The molecule has 1 amide bonds. The highest BCUT2D eigenvalue weighted by Gasteiger charge is 2.28. The summed E-state index contributed by atoms with van der Waals surface area (Å²) in [6, 6.07) is 13.8. The molecule has 1 saturated heterocycles. The molecule has 1 aromatic heterocycles. The molecule has 3 aromatic rings. The number of hydrogen-bond donors (Lipinski definition) is 1. The van der Waals surface area contributed by atoms with Gasteiger partial charge in [-0.25, -0.2) is 13.4 Å². The molecule has 1 atom stereocenters. The number of sulfonamides is 1. The lowest BCUT2D eigenvalue weighted by molar-refractivity contribution is 0.102. The van der Waals surface area contributed by atoms with Gasteiger partial charge < -0.3 is 4.74 Å². The van der Waals surface area contributed by atoms with E-state index in [0.29, 0.717) is 36.3 Å². The summed E-state index contributed by atoms with van der Waals surface area (Å²) in [5.74, 6) is 0.818. The van der Waals surface area contributed by atoms with E-state index in [1.54, 1.807) is 12.1 Å². The molecule has 1 aliphatic heterocycles. The third-order valence-corrected chi connectivity index (χ3v) is 8.60. The molecule has 1 N–H and O–H groups in total. The summed E-state index contributed by atoms with van der Waals surface area (Å²) in [4.78, 5) is 18.6. The standard InChI is InChI=1S/C25H29N3O4S2/c1-4-32-21-11-7-19(8-12-21)23-18(3)33-25(26-23)27-24(29)20-9-13-22(14-10-20)34(30,31)28-15-5-6-17(2)16-28/h7-14,17H,4-6,15-16H2,1-3H3,(H,26,27,29). The normalized spacial score (nSPS) is 16.9. The number of aromatic nitrogens is 1. The summed E-state index contributed by atoms with van der Waals surface area (Å²) in [7, 11) is -3.55. The molecule has 0 aliphatic carbocycles. The Bertz CT molecular complexity index is 1250. The van der Waals surface area contributed by atoms with Gasteiger partial charge in [0.1, 0.15) is 5.75 Å². The van der Waals surface area contributed by atoms with Crippen LogP contribution in [-0.2, 0) is 10.0 Å². The van der Waals surface area contributed by atoms with Gasteiger partial charge >= 0.3 is 0 Å². The Morgan fingerprint density at radius 2 is 1.88 bits per heavy atom. The molecule has 9 heteroatoms. The number of amides is 1. The van der Waals surface area contributed by atoms with Gasteiger partial charge in [-0.15, -0.1) is 11.3 Å². The van der Waals surface area contributed by atoms with Crippen molar-refractivity contribution >= 4 is 32.4 Å². The molecule has 180 valence electrons. The fourth-order valence-corrected chi connectivity index (χ4v) is 6.48. The zero-order valence-corrected chi connectivity index (χ0v) is 21.2. The zero-order chi connectivity index (χ0) is 24.3. The van der Waals surface area contributed by atoms with Crippen LogP contribution in [0, 0.1) is 12.8 Å². The molecule has 0 radical (unpaired) electrons. The highest BCUT2D eigenvalue weighted by atomic mass is 32.2. The Balaban J connectivity index is 1.45. The SMILES string of the molecule is CCOc1ccc(-c2nc(NC(=O)c3ccc(S(=O)(=O)N4CCCC(C)C4)cc3)sc2C)cc1. The first-order valence-electron chi connectivity index (χ1n) is 11.4. The van der Waals surface area contributed by atoms with E-state index in [0.717, 1.165) is 34.7 Å². The van der Waals surface area contributed by atoms with Gasteiger partial charge in [-0.1, -0.05) is 6.92 Å². The topological polar surface area (TPSA) is 88.6 Å². The fourth-order valence-electron chi connectivity index (χ4n) is 4.05. The molecule has 0 bridgehead atoms. The van der Waals surface area contributed by atoms with E-state index in [1.165, 1.54) is 27.8 Å². The first kappa shape index (κ1) is 24.4. The monoisotopic (exact) mass is 499 g/mol. The number of nitrogens with one attached hydrogen (secondary N) is 1. The van der Waals surface area contributed by atoms with Gasteiger partial charge in [0.2, 0.25) is 10.0 Å². The summed E-state index contributed by atoms with van der Waals surface area (Å²) < 4.78 is 32.9.